The molecule has 1 aromatic heterocycles. The second-order valence-electron chi connectivity index (χ2n) is 4.99. The average Bonchev–Trinajstić information content (AvgIpc) is 2.79. The molecule has 2 heterocycles. The van der Waals surface area contributed by atoms with Crippen LogP contribution in [0.5, 0.6) is 0 Å². The SMILES string of the molecule is CCc1nsc(N2CCCN(C(CC)C(=O)O)CC2)n1. The summed E-state index contributed by atoms with van der Waals surface area (Å²) in [6.07, 6.45) is 2.46. The fraction of sp³-hybridized carbons (Fsp3) is 0.769. The molecular weight excluding hydrogens is 276 g/mol. The molecule has 0 saturated carbocycles. The Morgan fingerprint density at radius 1 is 1.35 bits per heavy atom. The summed E-state index contributed by atoms with van der Waals surface area (Å²) in [6.45, 7) is 7.33. The lowest BCUT2D eigenvalue weighted by atomic mass is 10.2. The highest BCUT2D eigenvalue weighted by Crippen LogP contribution is 2.20. The number of carboxylic acids is 1. The molecule has 1 aliphatic rings. The van der Waals surface area contributed by atoms with E-state index in [0.29, 0.717) is 6.42 Å². The third-order valence-corrected chi connectivity index (χ3v) is 4.50. The quantitative estimate of drug-likeness (QED) is 0.888. The van der Waals surface area contributed by atoms with Gasteiger partial charge in [-0.15, -0.1) is 0 Å². The van der Waals surface area contributed by atoms with E-state index in [-0.39, 0.29) is 6.04 Å². The van der Waals surface area contributed by atoms with Crippen molar-refractivity contribution in [1.29, 1.82) is 0 Å². The first-order valence-electron chi connectivity index (χ1n) is 7.20. The highest BCUT2D eigenvalue weighted by molar-refractivity contribution is 7.09. The van der Waals surface area contributed by atoms with Crippen LogP contribution >= 0.6 is 11.5 Å². The molecule has 1 aromatic rings. The Labute approximate surface area is 123 Å². The predicted octanol–water partition coefficient (Wildman–Crippen LogP) is 1.48. The number of hydrogen-bond acceptors (Lipinski definition) is 6. The van der Waals surface area contributed by atoms with Crippen molar-refractivity contribution in [2.24, 2.45) is 0 Å². The molecule has 0 amide bonds. The first kappa shape index (κ1) is 15.2. The number of aryl methyl sites for hydroxylation is 1. The minimum Gasteiger partial charge on any atom is -0.480 e. The fourth-order valence-electron chi connectivity index (χ4n) is 2.55. The first-order valence-corrected chi connectivity index (χ1v) is 7.97. The smallest absolute Gasteiger partial charge is 0.320 e. The van der Waals surface area contributed by atoms with Crippen molar-refractivity contribution in [1.82, 2.24) is 14.3 Å². The molecule has 1 unspecified atom stereocenters. The molecule has 1 aliphatic heterocycles. The van der Waals surface area contributed by atoms with E-state index in [1.54, 1.807) is 0 Å². The van der Waals surface area contributed by atoms with Crippen LogP contribution in [-0.4, -0.2) is 57.6 Å². The summed E-state index contributed by atoms with van der Waals surface area (Å²) in [5.74, 6) is 0.174. The standard InChI is InChI=1S/C13H22N4O2S/c1-3-10(12(18)19)16-6-5-7-17(9-8-16)13-14-11(4-2)15-20-13/h10H,3-9H2,1-2H3,(H,18,19). The fourth-order valence-corrected chi connectivity index (χ4v) is 3.35. The molecule has 0 aromatic carbocycles. The number of aliphatic carboxylic acids is 1. The van der Waals surface area contributed by atoms with Gasteiger partial charge in [-0.05, 0) is 12.8 Å². The average molecular weight is 298 g/mol. The summed E-state index contributed by atoms with van der Waals surface area (Å²) in [7, 11) is 0. The molecule has 0 aliphatic carbocycles. The zero-order valence-electron chi connectivity index (χ0n) is 12.1. The summed E-state index contributed by atoms with van der Waals surface area (Å²) in [5, 5.41) is 10.2. The van der Waals surface area contributed by atoms with E-state index < -0.39 is 5.97 Å². The molecule has 0 radical (unpaired) electrons. The molecule has 0 spiro atoms. The largest absolute Gasteiger partial charge is 0.480 e. The van der Waals surface area contributed by atoms with Gasteiger partial charge < -0.3 is 10.0 Å². The zero-order valence-corrected chi connectivity index (χ0v) is 12.9. The van der Waals surface area contributed by atoms with Gasteiger partial charge in [0.25, 0.3) is 0 Å². The minimum absolute atomic E-state index is 0.365. The van der Waals surface area contributed by atoms with Gasteiger partial charge in [0.2, 0.25) is 5.13 Å². The van der Waals surface area contributed by atoms with E-state index in [4.69, 9.17) is 0 Å². The van der Waals surface area contributed by atoms with Gasteiger partial charge in [-0.3, -0.25) is 9.69 Å². The van der Waals surface area contributed by atoms with Crippen molar-refractivity contribution in [3.63, 3.8) is 0 Å². The van der Waals surface area contributed by atoms with Gasteiger partial charge in [0.05, 0.1) is 0 Å². The predicted molar refractivity (Wildman–Crippen MR) is 79.4 cm³/mol. The Morgan fingerprint density at radius 2 is 2.15 bits per heavy atom. The third kappa shape index (κ3) is 3.46. The van der Waals surface area contributed by atoms with Crippen LogP contribution < -0.4 is 4.90 Å². The Bertz CT molecular complexity index is 451. The molecule has 112 valence electrons. The van der Waals surface area contributed by atoms with Crippen LogP contribution in [0.2, 0.25) is 0 Å². The summed E-state index contributed by atoms with van der Waals surface area (Å²) in [6, 6.07) is -0.365. The Hall–Kier alpha value is -1.21. The molecule has 6 nitrogen and oxygen atoms in total. The Kier molecular flexibility index (Phi) is 5.31. The van der Waals surface area contributed by atoms with Gasteiger partial charge in [-0.2, -0.15) is 4.37 Å². The van der Waals surface area contributed by atoms with Crippen LogP contribution in [0.15, 0.2) is 0 Å². The number of carboxylic acid groups (broad SMARTS) is 1. The Morgan fingerprint density at radius 3 is 2.75 bits per heavy atom. The van der Waals surface area contributed by atoms with E-state index >= 15 is 0 Å². The van der Waals surface area contributed by atoms with Crippen LogP contribution in [0, 0.1) is 0 Å². The highest BCUT2D eigenvalue weighted by Gasteiger charge is 2.26. The maximum Gasteiger partial charge on any atom is 0.320 e. The molecule has 2 rings (SSSR count). The third-order valence-electron chi connectivity index (χ3n) is 3.69. The molecule has 1 N–H and O–H groups in total. The van der Waals surface area contributed by atoms with Gasteiger partial charge in [0.15, 0.2) is 0 Å². The zero-order chi connectivity index (χ0) is 14.5. The van der Waals surface area contributed by atoms with Crippen molar-refractivity contribution in [3.05, 3.63) is 5.82 Å². The number of carbonyl (C=O) groups is 1. The second-order valence-corrected chi connectivity index (χ2v) is 5.72. The highest BCUT2D eigenvalue weighted by atomic mass is 32.1. The van der Waals surface area contributed by atoms with Crippen LogP contribution in [-0.2, 0) is 11.2 Å². The molecule has 0 bridgehead atoms. The molecule has 1 atom stereocenters. The number of nitrogens with zero attached hydrogens (tertiary/aromatic N) is 4. The monoisotopic (exact) mass is 298 g/mol. The molecule has 20 heavy (non-hydrogen) atoms. The van der Waals surface area contributed by atoms with Crippen LogP contribution in [0.3, 0.4) is 0 Å². The van der Waals surface area contributed by atoms with E-state index in [1.807, 2.05) is 6.92 Å². The maximum atomic E-state index is 11.3. The number of rotatable bonds is 5. The van der Waals surface area contributed by atoms with Crippen molar-refractivity contribution in [2.45, 2.75) is 39.2 Å². The lowest BCUT2D eigenvalue weighted by molar-refractivity contribution is -0.143. The molecule has 1 saturated heterocycles. The minimum atomic E-state index is -0.717. The van der Waals surface area contributed by atoms with E-state index in [0.717, 1.165) is 50.0 Å². The molecular formula is C13H22N4O2S. The lowest BCUT2D eigenvalue weighted by Gasteiger charge is -2.26. The van der Waals surface area contributed by atoms with E-state index in [9.17, 15) is 9.90 Å². The molecule has 7 heteroatoms. The van der Waals surface area contributed by atoms with Crippen LogP contribution in [0.25, 0.3) is 0 Å². The van der Waals surface area contributed by atoms with Gasteiger partial charge in [-0.1, -0.05) is 13.8 Å². The van der Waals surface area contributed by atoms with Gasteiger partial charge in [0, 0.05) is 44.1 Å². The van der Waals surface area contributed by atoms with Crippen LogP contribution in [0.4, 0.5) is 5.13 Å². The maximum absolute atomic E-state index is 11.3. The van der Waals surface area contributed by atoms with E-state index in [2.05, 4.69) is 26.1 Å². The second kappa shape index (κ2) is 6.99. The topological polar surface area (TPSA) is 69.6 Å². The number of anilines is 1. The number of hydrogen-bond donors (Lipinski definition) is 1. The van der Waals surface area contributed by atoms with E-state index in [1.165, 1.54) is 11.5 Å². The lowest BCUT2D eigenvalue weighted by Crippen LogP contribution is -2.42. The number of aromatic nitrogens is 2. The molecule has 1 fully saturated rings. The normalized spacial score (nSPS) is 18.8. The van der Waals surface area contributed by atoms with Gasteiger partial charge >= 0.3 is 5.97 Å². The summed E-state index contributed by atoms with van der Waals surface area (Å²) < 4.78 is 4.32. The Balaban J connectivity index is 1.99. The van der Waals surface area contributed by atoms with Crippen molar-refractivity contribution in [3.8, 4) is 0 Å². The van der Waals surface area contributed by atoms with Gasteiger partial charge in [-0.25, -0.2) is 4.98 Å². The summed E-state index contributed by atoms with van der Waals surface area (Å²) in [4.78, 5) is 20.1. The van der Waals surface area contributed by atoms with Gasteiger partial charge in [0.1, 0.15) is 11.9 Å². The first-order chi connectivity index (χ1) is 9.65. The van der Waals surface area contributed by atoms with Crippen molar-refractivity contribution >= 4 is 22.6 Å². The van der Waals surface area contributed by atoms with Crippen molar-refractivity contribution < 1.29 is 9.90 Å². The summed E-state index contributed by atoms with van der Waals surface area (Å²) in [5.41, 5.74) is 0. The van der Waals surface area contributed by atoms with Crippen molar-refractivity contribution in [2.75, 3.05) is 31.1 Å². The summed E-state index contributed by atoms with van der Waals surface area (Å²) >= 11 is 1.44. The van der Waals surface area contributed by atoms with Crippen LogP contribution in [0.1, 0.15) is 32.5 Å².